The molecule has 1 unspecified atom stereocenters. The topological polar surface area (TPSA) is 134 Å². The summed E-state index contributed by atoms with van der Waals surface area (Å²) in [5.74, 6) is -0.844. The van der Waals surface area contributed by atoms with Crippen LogP contribution in [0.1, 0.15) is 181 Å². The van der Waals surface area contributed by atoms with Crippen molar-refractivity contribution in [2.45, 2.75) is 187 Å². The normalized spacial score (nSPS) is 13.6. The van der Waals surface area contributed by atoms with Crippen LogP contribution in [0.2, 0.25) is 0 Å². The quantitative estimate of drug-likeness (QED) is 0.0279. The van der Waals surface area contributed by atoms with Gasteiger partial charge in [0.1, 0.15) is 6.61 Å². The van der Waals surface area contributed by atoms with Gasteiger partial charge in [0.15, 0.2) is 6.10 Å². The number of phosphoric acid groups is 1. The lowest BCUT2D eigenvalue weighted by molar-refractivity contribution is -0.161. The van der Waals surface area contributed by atoms with Gasteiger partial charge in [-0.25, -0.2) is 4.57 Å². The summed E-state index contributed by atoms with van der Waals surface area (Å²) in [6.07, 6.45) is 36.3. The summed E-state index contributed by atoms with van der Waals surface area (Å²) in [4.78, 5) is 34.7. The van der Waals surface area contributed by atoms with Crippen molar-refractivity contribution in [1.29, 1.82) is 0 Å². The Morgan fingerprint density at radius 2 is 1.02 bits per heavy atom. The summed E-state index contributed by atoms with van der Waals surface area (Å²) in [6, 6.07) is 0. The van der Waals surface area contributed by atoms with E-state index in [0.717, 1.165) is 70.6 Å². The molecule has 2 atom stereocenters. The molecule has 9 nitrogen and oxygen atoms in total. The lowest BCUT2D eigenvalue weighted by atomic mass is 10.1. The number of unbranched alkanes of at least 4 members (excludes halogenated alkanes) is 20. The smallest absolute Gasteiger partial charge is 0.462 e. The van der Waals surface area contributed by atoms with Gasteiger partial charge in [0, 0.05) is 19.4 Å². The zero-order valence-corrected chi connectivity index (χ0v) is 32.3. The first-order chi connectivity index (χ1) is 23.8. The van der Waals surface area contributed by atoms with Gasteiger partial charge in [-0.3, -0.25) is 18.6 Å². The van der Waals surface area contributed by atoms with Gasteiger partial charge in [0.2, 0.25) is 0 Å². The second-order valence-corrected chi connectivity index (χ2v) is 14.6. The van der Waals surface area contributed by atoms with Crippen LogP contribution in [0.5, 0.6) is 0 Å². The largest absolute Gasteiger partial charge is 0.472 e. The Bertz CT molecular complexity index is 866. The minimum Gasteiger partial charge on any atom is -0.462 e. The molecule has 0 radical (unpaired) electrons. The highest BCUT2D eigenvalue weighted by Gasteiger charge is 2.25. The molecule has 0 fully saturated rings. The maximum atomic E-state index is 12.5. The molecule has 0 saturated heterocycles. The van der Waals surface area contributed by atoms with Crippen LogP contribution in [0.25, 0.3) is 0 Å². The molecular formula is C39H74NO8P. The molecule has 0 rings (SSSR count). The van der Waals surface area contributed by atoms with Crippen molar-refractivity contribution in [3.63, 3.8) is 0 Å². The Labute approximate surface area is 300 Å². The first-order valence-corrected chi connectivity index (χ1v) is 21.3. The minimum atomic E-state index is -4.37. The fraction of sp³-hybridized carbons (Fsp3) is 0.846. The first-order valence-electron chi connectivity index (χ1n) is 19.8. The van der Waals surface area contributed by atoms with E-state index in [9.17, 15) is 19.0 Å². The van der Waals surface area contributed by atoms with Gasteiger partial charge in [-0.15, -0.1) is 0 Å². The van der Waals surface area contributed by atoms with Crippen molar-refractivity contribution < 1.29 is 37.6 Å². The predicted molar refractivity (Wildman–Crippen MR) is 201 cm³/mol. The molecule has 49 heavy (non-hydrogen) atoms. The highest BCUT2D eigenvalue weighted by molar-refractivity contribution is 7.47. The van der Waals surface area contributed by atoms with Gasteiger partial charge in [-0.1, -0.05) is 134 Å². The molecule has 0 aliphatic heterocycles. The van der Waals surface area contributed by atoms with E-state index < -0.39 is 32.5 Å². The number of phosphoric ester groups is 1. The molecule has 0 aromatic carbocycles. The molecule has 0 aliphatic carbocycles. The number of carbonyl (C=O) groups excluding carboxylic acids is 2. The third-order valence-corrected chi connectivity index (χ3v) is 9.29. The fourth-order valence-electron chi connectivity index (χ4n) is 5.31. The SMILES string of the molecule is CCCCC=CCCCCCCCC(=O)OC[C@H](COP(=O)(O)OCCN)OC(=O)CCCCCCCCCC=CCCCCCCCC. The van der Waals surface area contributed by atoms with Crippen LogP contribution in [0, 0.1) is 0 Å². The van der Waals surface area contributed by atoms with Crippen LogP contribution in [0.3, 0.4) is 0 Å². The van der Waals surface area contributed by atoms with Crippen LogP contribution in [-0.2, 0) is 32.7 Å². The van der Waals surface area contributed by atoms with Crippen LogP contribution >= 0.6 is 7.82 Å². The first kappa shape index (κ1) is 47.5. The molecule has 0 spiro atoms. The molecule has 288 valence electrons. The summed E-state index contributed by atoms with van der Waals surface area (Å²) in [6.45, 7) is 3.67. The molecule has 0 amide bonds. The molecule has 0 bridgehead atoms. The molecule has 0 aromatic heterocycles. The monoisotopic (exact) mass is 716 g/mol. The van der Waals surface area contributed by atoms with E-state index in [1.54, 1.807) is 0 Å². The third kappa shape index (κ3) is 36.1. The number of nitrogens with two attached hydrogens (primary N) is 1. The van der Waals surface area contributed by atoms with Crippen molar-refractivity contribution in [2.24, 2.45) is 5.73 Å². The third-order valence-electron chi connectivity index (χ3n) is 8.31. The number of allylic oxidation sites excluding steroid dienone is 4. The van der Waals surface area contributed by atoms with E-state index in [1.807, 2.05) is 0 Å². The van der Waals surface area contributed by atoms with Crippen molar-refractivity contribution in [2.75, 3.05) is 26.4 Å². The second kappa shape index (κ2) is 36.3. The maximum absolute atomic E-state index is 12.5. The van der Waals surface area contributed by atoms with Gasteiger partial charge in [0.25, 0.3) is 0 Å². The molecule has 10 heteroatoms. The van der Waals surface area contributed by atoms with E-state index in [-0.39, 0.29) is 32.6 Å². The van der Waals surface area contributed by atoms with Crippen molar-refractivity contribution in [1.82, 2.24) is 0 Å². The highest BCUT2D eigenvalue weighted by Crippen LogP contribution is 2.43. The van der Waals surface area contributed by atoms with Gasteiger partial charge < -0.3 is 20.1 Å². The number of rotatable bonds is 37. The average molecular weight is 716 g/mol. The Morgan fingerprint density at radius 3 is 1.51 bits per heavy atom. The molecule has 0 aliphatic rings. The number of hydrogen-bond donors (Lipinski definition) is 2. The zero-order valence-electron chi connectivity index (χ0n) is 31.4. The minimum absolute atomic E-state index is 0.0523. The van der Waals surface area contributed by atoms with E-state index in [4.69, 9.17) is 24.3 Å². The maximum Gasteiger partial charge on any atom is 0.472 e. The van der Waals surface area contributed by atoms with Crippen molar-refractivity contribution in [3.8, 4) is 0 Å². The summed E-state index contributed by atoms with van der Waals surface area (Å²) >= 11 is 0. The molecular weight excluding hydrogens is 641 g/mol. The molecule has 0 heterocycles. The van der Waals surface area contributed by atoms with Crippen molar-refractivity contribution in [3.05, 3.63) is 24.3 Å². The Balaban J connectivity index is 4.19. The van der Waals surface area contributed by atoms with Crippen molar-refractivity contribution >= 4 is 19.8 Å². The standard InChI is InChI=1S/C39H74NO8P/c1-3-5-7-9-11-13-15-16-17-18-19-20-22-24-26-28-30-32-39(42)48-37(36-47-49(43,44)46-34-33-40)35-45-38(41)31-29-27-25-23-21-14-12-10-8-6-4-2/h10,12,16-17,37H,3-9,11,13-15,18-36,40H2,1-2H3,(H,43,44)/t37-/m1/s1. The van der Waals surface area contributed by atoms with Crippen LogP contribution in [0.4, 0.5) is 0 Å². The average Bonchev–Trinajstić information content (AvgIpc) is 3.08. The summed E-state index contributed by atoms with van der Waals surface area (Å²) < 4.78 is 32.6. The summed E-state index contributed by atoms with van der Waals surface area (Å²) in [5.41, 5.74) is 5.33. The van der Waals surface area contributed by atoms with Gasteiger partial charge >= 0.3 is 19.8 Å². The van der Waals surface area contributed by atoms with E-state index >= 15 is 0 Å². The summed E-state index contributed by atoms with van der Waals surface area (Å²) in [5, 5.41) is 0. The van der Waals surface area contributed by atoms with Crippen LogP contribution in [0.15, 0.2) is 24.3 Å². The fourth-order valence-corrected chi connectivity index (χ4v) is 6.08. The number of carbonyl (C=O) groups is 2. The van der Waals surface area contributed by atoms with E-state index in [2.05, 4.69) is 38.2 Å². The molecule has 0 saturated carbocycles. The lowest BCUT2D eigenvalue weighted by Gasteiger charge is -2.19. The molecule has 3 N–H and O–H groups in total. The second-order valence-electron chi connectivity index (χ2n) is 13.1. The Hall–Kier alpha value is -1.51. The Morgan fingerprint density at radius 1 is 0.592 bits per heavy atom. The zero-order chi connectivity index (χ0) is 36.1. The predicted octanol–water partition coefficient (Wildman–Crippen LogP) is 10.8. The highest BCUT2D eigenvalue weighted by atomic mass is 31.2. The van der Waals surface area contributed by atoms with Crippen LogP contribution in [-0.4, -0.2) is 49.3 Å². The van der Waals surface area contributed by atoms with E-state index in [1.165, 1.54) is 77.0 Å². The van der Waals surface area contributed by atoms with Gasteiger partial charge in [0.05, 0.1) is 13.2 Å². The number of hydrogen-bond acceptors (Lipinski definition) is 8. The summed E-state index contributed by atoms with van der Waals surface area (Å²) in [7, 11) is -4.37. The van der Waals surface area contributed by atoms with Gasteiger partial charge in [-0.2, -0.15) is 0 Å². The number of esters is 2. The van der Waals surface area contributed by atoms with E-state index in [0.29, 0.717) is 6.42 Å². The Kier molecular flexibility index (Phi) is 35.2. The molecule has 0 aromatic rings. The number of ether oxygens (including phenoxy) is 2. The lowest BCUT2D eigenvalue weighted by Crippen LogP contribution is -2.29. The van der Waals surface area contributed by atoms with Crippen LogP contribution < -0.4 is 5.73 Å². The van der Waals surface area contributed by atoms with Gasteiger partial charge in [-0.05, 0) is 57.8 Å².